The van der Waals surface area contributed by atoms with Crippen LogP contribution in [-0.2, 0) is 4.79 Å². The van der Waals surface area contributed by atoms with Gasteiger partial charge in [-0.2, -0.15) is 5.10 Å². The Morgan fingerprint density at radius 3 is 2.75 bits per heavy atom. The Morgan fingerprint density at radius 1 is 1.03 bits per heavy atom. The van der Waals surface area contributed by atoms with E-state index < -0.39 is 0 Å². The van der Waals surface area contributed by atoms with E-state index in [1.807, 2.05) is 13.0 Å². The van der Waals surface area contributed by atoms with Crippen molar-refractivity contribution in [1.29, 1.82) is 0 Å². The third-order valence-corrected chi connectivity index (χ3v) is 7.22. The van der Waals surface area contributed by atoms with Crippen LogP contribution in [-0.4, -0.2) is 31.1 Å². The molecule has 7 nitrogen and oxygen atoms in total. The summed E-state index contributed by atoms with van der Waals surface area (Å²) in [5, 5.41) is 12.6. The molecule has 0 aliphatic heterocycles. The van der Waals surface area contributed by atoms with Crippen LogP contribution in [0, 0.1) is 6.92 Å². The minimum Gasteiger partial charge on any atom is -0.353 e. The molecule has 0 saturated carbocycles. The molecule has 3 N–H and O–H groups in total. The summed E-state index contributed by atoms with van der Waals surface area (Å²) in [6.45, 7) is 4.11. The fourth-order valence-corrected chi connectivity index (χ4v) is 5.37. The van der Waals surface area contributed by atoms with Gasteiger partial charge in [0, 0.05) is 61.5 Å². The van der Waals surface area contributed by atoms with Crippen LogP contribution >= 0.6 is 11.3 Å². The molecule has 0 aliphatic carbocycles. The highest BCUT2D eigenvalue weighted by Gasteiger charge is 2.15. The quantitative estimate of drug-likeness (QED) is 0.234. The molecule has 36 heavy (non-hydrogen) atoms. The SMILES string of the molecule is CCCC(=O)Nc1cncc(-c2cnc3n[nH]c(-c4cc5c(-c6ccc(C)s6)cccc5[nH]4)c3c2)c1. The van der Waals surface area contributed by atoms with Crippen LogP contribution in [0.4, 0.5) is 5.69 Å². The molecular weight excluding hydrogens is 468 g/mol. The number of aryl methyl sites for hydroxylation is 1. The van der Waals surface area contributed by atoms with E-state index in [9.17, 15) is 4.79 Å². The summed E-state index contributed by atoms with van der Waals surface area (Å²) in [5.41, 5.74) is 7.19. The van der Waals surface area contributed by atoms with E-state index in [4.69, 9.17) is 0 Å². The molecular formula is C28H24N6OS. The average molecular weight is 493 g/mol. The maximum Gasteiger partial charge on any atom is 0.224 e. The van der Waals surface area contributed by atoms with Gasteiger partial charge >= 0.3 is 0 Å². The van der Waals surface area contributed by atoms with Crippen LogP contribution in [0.15, 0.2) is 67.1 Å². The predicted molar refractivity (Wildman–Crippen MR) is 146 cm³/mol. The first-order chi connectivity index (χ1) is 17.6. The number of hydrogen-bond donors (Lipinski definition) is 3. The van der Waals surface area contributed by atoms with Gasteiger partial charge in [-0.1, -0.05) is 19.1 Å². The number of amides is 1. The standard InChI is InChI=1S/C28H24N6OS/c1-3-5-26(35)31-19-10-17(13-29-15-19)18-11-22-27(33-34-28(22)30-14-18)24-12-21-20(6-4-7-23(21)32-24)25-9-8-16(2)36-25/h4,6-15,32H,3,5H2,1-2H3,(H,31,35)(H,30,33,34). The molecule has 0 unspecified atom stereocenters. The van der Waals surface area contributed by atoms with Crippen molar-refractivity contribution in [1.82, 2.24) is 25.1 Å². The topological polar surface area (TPSA) is 99.3 Å². The first kappa shape index (κ1) is 22.2. The maximum absolute atomic E-state index is 12.0. The molecule has 0 fully saturated rings. The molecule has 0 saturated heterocycles. The van der Waals surface area contributed by atoms with E-state index in [0.717, 1.165) is 39.8 Å². The molecule has 6 rings (SSSR count). The van der Waals surface area contributed by atoms with Crippen molar-refractivity contribution in [2.45, 2.75) is 26.7 Å². The first-order valence-corrected chi connectivity index (χ1v) is 12.7. The number of carbonyl (C=O) groups excluding carboxylic acids is 1. The van der Waals surface area contributed by atoms with Crippen LogP contribution in [0.25, 0.3) is 54.9 Å². The van der Waals surface area contributed by atoms with Crippen LogP contribution in [0.3, 0.4) is 0 Å². The molecule has 0 spiro atoms. The lowest BCUT2D eigenvalue weighted by Gasteiger charge is -2.07. The highest BCUT2D eigenvalue weighted by Crippen LogP contribution is 2.37. The second-order valence-corrected chi connectivity index (χ2v) is 10.1. The molecule has 6 aromatic rings. The number of H-pyrrole nitrogens is 2. The van der Waals surface area contributed by atoms with Crippen molar-refractivity contribution in [3.05, 3.63) is 72.0 Å². The highest BCUT2D eigenvalue weighted by molar-refractivity contribution is 7.15. The normalized spacial score (nSPS) is 11.4. The number of pyridine rings is 2. The number of nitrogens with one attached hydrogen (secondary N) is 3. The molecule has 1 aromatic carbocycles. The molecule has 178 valence electrons. The van der Waals surface area contributed by atoms with Gasteiger partial charge in [-0.25, -0.2) is 4.98 Å². The van der Waals surface area contributed by atoms with Crippen molar-refractivity contribution < 1.29 is 4.79 Å². The number of rotatable bonds is 6. The van der Waals surface area contributed by atoms with Crippen molar-refractivity contribution in [3.63, 3.8) is 0 Å². The van der Waals surface area contributed by atoms with Gasteiger partial charge in [0.05, 0.1) is 23.3 Å². The van der Waals surface area contributed by atoms with Gasteiger partial charge in [-0.3, -0.25) is 14.9 Å². The molecule has 0 bridgehead atoms. The Balaban J connectivity index is 1.40. The number of nitrogens with zero attached hydrogens (tertiary/aromatic N) is 3. The molecule has 0 radical (unpaired) electrons. The molecule has 5 heterocycles. The van der Waals surface area contributed by atoms with Gasteiger partial charge < -0.3 is 10.3 Å². The number of aromatic nitrogens is 5. The zero-order valence-corrected chi connectivity index (χ0v) is 20.7. The Kier molecular flexibility index (Phi) is 5.58. The van der Waals surface area contributed by atoms with E-state index in [1.165, 1.54) is 20.7 Å². The minimum atomic E-state index is -0.0157. The number of aromatic amines is 2. The van der Waals surface area contributed by atoms with E-state index in [1.54, 1.807) is 29.9 Å². The molecule has 5 aromatic heterocycles. The number of hydrogen-bond acceptors (Lipinski definition) is 5. The number of anilines is 1. The average Bonchev–Trinajstić information content (AvgIpc) is 3.61. The van der Waals surface area contributed by atoms with Gasteiger partial charge in [0.15, 0.2) is 5.65 Å². The smallest absolute Gasteiger partial charge is 0.224 e. The van der Waals surface area contributed by atoms with Crippen molar-refractivity contribution in [3.8, 4) is 33.0 Å². The van der Waals surface area contributed by atoms with Crippen molar-refractivity contribution in [2.24, 2.45) is 0 Å². The van der Waals surface area contributed by atoms with Gasteiger partial charge in [0.2, 0.25) is 5.91 Å². The summed E-state index contributed by atoms with van der Waals surface area (Å²) in [6.07, 6.45) is 6.49. The lowest BCUT2D eigenvalue weighted by molar-refractivity contribution is -0.116. The summed E-state index contributed by atoms with van der Waals surface area (Å²) in [7, 11) is 0. The van der Waals surface area contributed by atoms with Crippen molar-refractivity contribution in [2.75, 3.05) is 5.32 Å². The van der Waals surface area contributed by atoms with E-state index in [0.29, 0.717) is 17.8 Å². The van der Waals surface area contributed by atoms with E-state index >= 15 is 0 Å². The summed E-state index contributed by atoms with van der Waals surface area (Å²) in [5.74, 6) is -0.0157. The molecule has 8 heteroatoms. The monoisotopic (exact) mass is 492 g/mol. The van der Waals surface area contributed by atoms with Crippen molar-refractivity contribution >= 4 is 44.9 Å². The Bertz CT molecular complexity index is 1730. The second kappa shape index (κ2) is 9.05. The Labute approximate surface area is 211 Å². The van der Waals surface area contributed by atoms with Crippen LogP contribution in [0.1, 0.15) is 24.6 Å². The minimum absolute atomic E-state index is 0.0157. The van der Waals surface area contributed by atoms with Gasteiger partial charge in [-0.05, 0) is 49.7 Å². The highest BCUT2D eigenvalue weighted by atomic mass is 32.1. The summed E-state index contributed by atoms with van der Waals surface area (Å²) in [6, 6.07) is 16.8. The number of thiophene rings is 1. The fourth-order valence-electron chi connectivity index (χ4n) is 4.46. The molecule has 0 aliphatic rings. The Hall–Kier alpha value is -4.30. The zero-order valence-electron chi connectivity index (χ0n) is 19.9. The third-order valence-electron chi connectivity index (χ3n) is 6.18. The summed E-state index contributed by atoms with van der Waals surface area (Å²) < 4.78 is 0. The first-order valence-electron chi connectivity index (χ1n) is 11.9. The lowest BCUT2D eigenvalue weighted by Crippen LogP contribution is -2.10. The maximum atomic E-state index is 12.0. The third kappa shape index (κ3) is 4.05. The fraction of sp³-hybridized carbons (Fsp3) is 0.143. The van der Waals surface area contributed by atoms with Crippen LogP contribution in [0.5, 0.6) is 0 Å². The molecule has 0 atom stereocenters. The number of benzene rings is 1. The second-order valence-electron chi connectivity index (χ2n) is 8.81. The lowest BCUT2D eigenvalue weighted by atomic mass is 10.1. The number of fused-ring (bicyclic) bond motifs is 2. The van der Waals surface area contributed by atoms with Crippen LogP contribution in [0.2, 0.25) is 0 Å². The van der Waals surface area contributed by atoms with E-state index in [-0.39, 0.29) is 5.91 Å². The molecule has 1 amide bonds. The largest absolute Gasteiger partial charge is 0.353 e. The van der Waals surface area contributed by atoms with Gasteiger partial charge in [0.1, 0.15) is 0 Å². The number of carbonyl (C=O) groups is 1. The van der Waals surface area contributed by atoms with Gasteiger partial charge in [0.25, 0.3) is 0 Å². The Morgan fingerprint density at radius 2 is 1.92 bits per heavy atom. The predicted octanol–water partition coefficient (Wildman–Crippen LogP) is 6.94. The summed E-state index contributed by atoms with van der Waals surface area (Å²) in [4.78, 5) is 27.0. The zero-order chi connectivity index (χ0) is 24.6. The van der Waals surface area contributed by atoms with Crippen LogP contribution < -0.4 is 5.32 Å². The van der Waals surface area contributed by atoms with E-state index in [2.05, 4.69) is 79.9 Å². The van der Waals surface area contributed by atoms with Gasteiger partial charge in [-0.15, -0.1) is 11.3 Å². The summed E-state index contributed by atoms with van der Waals surface area (Å²) >= 11 is 1.80.